The number of hydrogen-bond acceptors (Lipinski definition) is 7. The smallest absolute Gasteiger partial charge is 0.295 e. The number of carbonyl (C=O) groups excluding carboxylic acids is 2. The van der Waals surface area contributed by atoms with Crippen LogP contribution >= 0.6 is 0 Å². The van der Waals surface area contributed by atoms with Gasteiger partial charge in [-0.2, -0.15) is 0 Å². The number of ketones is 1. The van der Waals surface area contributed by atoms with Gasteiger partial charge in [0.05, 0.1) is 31.9 Å². The van der Waals surface area contributed by atoms with Crippen molar-refractivity contribution in [1.82, 2.24) is 9.80 Å². The summed E-state index contributed by atoms with van der Waals surface area (Å²) in [6.45, 7) is 12.5. The zero-order valence-electron chi connectivity index (χ0n) is 24.6. The van der Waals surface area contributed by atoms with Crippen LogP contribution in [-0.4, -0.2) is 73.1 Å². The number of benzene rings is 2. The second-order valence-corrected chi connectivity index (χ2v) is 9.86. The molecule has 1 heterocycles. The van der Waals surface area contributed by atoms with Crippen LogP contribution in [0.4, 0.5) is 0 Å². The second-order valence-electron chi connectivity index (χ2n) is 9.86. The van der Waals surface area contributed by atoms with Gasteiger partial charge in [0.25, 0.3) is 11.7 Å². The molecule has 8 heteroatoms. The molecule has 0 bridgehead atoms. The van der Waals surface area contributed by atoms with Gasteiger partial charge in [-0.25, -0.2) is 0 Å². The standard InChI is InChI=1S/C32H44N2O6/c1-6-10-21-40-26-17-14-24(22-27(26)38-5)29-28(30(35)23-12-15-25(16-13-23)39-20-7-2)31(36)32(37)34(29)19-11-18-33(8-3)9-4/h12-17,22,29,35H,6-11,18-21H2,1-5H3. The van der Waals surface area contributed by atoms with Crippen molar-refractivity contribution in [1.29, 1.82) is 0 Å². The molecule has 1 aliphatic rings. The first-order valence-electron chi connectivity index (χ1n) is 14.4. The number of Topliss-reactive ketones (excluding diaryl/α,β-unsaturated/α-hetero) is 1. The SMILES string of the molecule is CCCCOc1ccc(C2C(=C(O)c3ccc(OCCC)cc3)C(=O)C(=O)N2CCCN(CC)CC)cc1OC. The van der Waals surface area contributed by atoms with Gasteiger partial charge in [-0.3, -0.25) is 9.59 Å². The molecule has 218 valence electrons. The molecule has 1 unspecified atom stereocenters. The van der Waals surface area contributed by atoms with E-state index in [1.165, 1.54) is 0 Å². The van der Waals surface area contributed by atoms with Gasteiger partial charge < -0.3 is 29.1 Å². The summed E-state index contributed by atoms with van der Waals surface area (Å²) in [6.07, 6.45) is 3.50. The van der Waals surface area contributed by atoms with Crippen LogP contribution in [0.25, 0.3) is 5.76 Å². The quantitative estimate of drug-likeness (QED) is 0.122. The van der Waals surface area contributed by atoms with E-state index in [1.807, 2.05) is 13.0 Å². The van der Waals surface area contributed by atoms with Crippen LogP contribution in [0.15, 0.2) is 48.0 Å². The van der Waals surface area contributed by atoms with Crippen LogP contribution < -0.4 is 14.2 Å². The summed E-state index contributed by atoms with van der Waals surface area (Å²) in [4.78, 5) is 30.6. The zero-order valence-corrected chi connectivity index (χ0v) is 24.6. The van der Waals surface area contributed by atoms with E-state index in [2.05, 4.69) is 25.7 Å². The lowest BCUT2D eigenvalue weighted by molar-refractivity contribution is -0.140. The highest BCUT2D eigenvalue weighted by Gasteiger charge is 2.46. The molecule has 40 heavy (non-hydrogen) atoms. The normalized spacial score (nSPS) is 16.6. The largest absolute Gasteiger partial charge is 0.507 e. The van der Waals surface area contributed by atoms with Crippen molar-refractivity contribution >= 4 is 17.4 Å². The van der Waals surface area contributed by atoms with Crippen molar-refractivity contribution in [3.05, 3.63) is 59.2 Å². The van der Waals surface area contributed by atoms with E-state index in [0.717, 1.165) is 38.9 Å². The maximum Gasteiger partial charge on any atom is 0.295 e. The predicted octanol–water partition coefficient (Wildman–Crippen LogP) is 5.82. The van der Waals surface area contributed by atoms with Gasteiger partial charge in [-0.15, -0.1) is 0 Å². The van der Waals surface area contributed by atoms with Crippen LogP contribution in [-0.2, 0) is 9.59 Å². The van der Waals surface area contributed by atoms with Crippen molar-refractivity contribution in [2.75, 3.05) is 46.5 Å². The molecule has 1 amide bonds. The van der Waals surface area contributed by atoms with E-state index in [4.69, 9.17) is 14.2 Å². The molecule has 0 aliphatic carbocycles. The molecule has 3 rings (SSSR count). The molecule has 1 N–H and O–H groups in total. The van der Waals surface area contributed by atoms with Crippen molar-refractivity contribution in [2.24, 2.45) is 0 Å². The summed E-state index contributed by atoms with van der Waals surface area (Å²) in [7, 11) is 1.56. The van der Waals surface area contributed by atoms with Crippen LogP contribution in [0.2, 0.25) is 0 Å². The molecule has 2 aromatic rings. The Balaban J connectivity index is 2.03. The molecule has 1 saturated heterocycles. The first-order valence-corrected chi connectivity index (χ1v) is 14.4. The van der Waals surface area contributed by atoms with Gasteiger partial charge in [-0.05, 0) is 80.9 Å². The summed E-state index contributed by atoms with van der Waals surface area (Å²) >= 11 is 0. The van der Waals surface area contributed by atoms with E-state index in [0.29, 0.717) is 54.6 Å². The van der Waals surface area contributed by atoms with Gasteiger partial charge >= 0.3 is 0 Å². The summed E-state index contributed by atoms with van der Waals surface area (Å²) < 4.78 is 17.2. The van der Waals surface area contributed by atoms with Crippen molar-refractivity contribution in [3.8, 4) is 17.2 Å². The van der Waals surface area contributed by atoms with Crippen LogP contribution in [0.3, 0.4) is 0 Å². The lowest BCUT2D eigenvalue weighted by atomic mass is 9.95. The molecule has 2 aromatic carbocycles. The minimum atomic E-state index is -0.758. The first kappa shape index (κ1) is 31.0. The summed E-state index contributed by atoms with van der Waals surface area (Å²) in [5.41, 5.74) is 1.18. The molecule has 0 aromatic heterocycles. The molecular weight excluding hydrogens is 508 g/mol. The summed E-state index contributed by atoms with van der Waals surface area (Å²) in [5, 5.41) is 11.4. The Morgan fingerprint density at radius 2 is 1.62 bits per heavy atom. The van der Waals surface area contributed by atoms with Crippen molar-refractivity contribution < 1.29 is 28.9 Å². The predicted molar refractivity (Wildman–Crippen MR) is 157 cm³/mol. The highest BCUT2D eigenvalue weighted by atomic mass is 16.5. The number of aliphatic hydroxyl groups is 1. The zero-order chi connectivity index (χ0) is 29.1. The number of rotatable bonds is 16. The highest BCUT2D eigenvalue weighted by Crippen LogP contribution is 2.42. The Morgan fingerprint density at radius 3 is 2.25 bits per heavy atom. The first-order chi connectivity index (χ1) is 19.4. The Labute approximate surface area is 238 Å². The van der Waals surface area contributed by atoms with Crippen molar-refractivity contribution in [3.63, 3.8) is 0 Å². The lowest BCUT2D eigenvalue weighted by Gasteiger charge is -2.27. The fourth-order valence-electron chi connectivity index (χ4n) is 4.85. The number of amides is 1. The Bertz CT molecular complexity index is 1160. The average Bonchev–Trinajstić information content (AvgIpc) is 3.23. The molecule has 1 atom stereocenters. The third-order valence-corrected chi connectivity index (χ3v) is 7.17. The number of aliphatic hydroxyl groups excluding tert-OH is 1. The number of ether oxygens (including phenoxy) is 3. The van der Waals surface area contributed by atoms with Gasteiger partial charge in [0.1, 0.15) is 11.5 Å². The highest BCUT2D eigenvalue weighted by molar-refractivity contribution is 6.46. The molecule has 8 nitrogen and oxygen atoms in total. The fraction of sp³-hybridized carbons (Fsp3) is 0.500. The number of carbonyl (C=O) groups is 2. The number of likely N-dealkylation sites (tertiary alicyclic amines) is 1. The van der Waals surface area contributed by atoms with E-state index < -0.39 is 17.7 Å². The number of nitrogens with zero attached hydrogens (tertiary/aromatic N) is 2. The Morgan fingerprint density at radius 1 is 0.900 bits per heavy atom. The van der Waals surface area contributed by atoms with E-state index in [9.17, 15) is 14.7 Å². The Hall–Kier alpha value is -3.52. The van der Waals surface area contributed by atoms with Crippen LogP contribution in [0, 0.1) is 0 Å². The molecule has 0 saturated carbocycles. The van der Waals surface area contributed by atoms with Gasteiger partial charge in [0, 0.05) is 12.1 Å². The van der Waals surface area contributed by atoms with Crippen LogP contribution in [0.1, 0.15) is 70.5 Å². The fourth-order valence-corrected chi connectivity index (χ4v) is 4.85. The minimum Gasteiger partial charge on any atom is -0.507 e. The molecular formula is C32H44N2O6. The van der Waals surface area contributed by atoms with Gasteiger partial charge in [-0.1, -0.05) is 40.2 Å². The molecule has 0 spiro atoms. The maximum atomic E-state index is 13.4. The van der Waals surface area contributed by atoms with E-state index in [-0.39, 0.29) is 11.3 Å². The van der Waals surface area contributed by atoms with Gasteiger partial charge in [0.2, 0.25) is 0 Å². The van der Waals surface area contributed by atoms with E-state index in [1.54, 1.807) is 48.4 Å². The van der Waals surface area contributed by atoms with Crippen molar-refractivity contribution in [2.45, 2.75) is 59.4 Å². The average molecular weight is 553 g/mol. The molecule has 0 radical (unpaired) electrons. The third-order valence-electron chi connectivity index (χ3n) is 7.17. The number of hydrogen-bond donors (Lipinski definition) is 1. The number of unbranched alkanes of at least 4 members (excludes halogenated alkanes) is 1. The molecule has 1 aliphatic heterocycles. The second kappa shape index (κ2) is 15.3. The van der Waals surface area contributed by atoms with Gasteiger partial charge in [0.15, 0.2) is 11.5 Å². The van der Waals surface area contributed by atoms with E-state index >= 15 is 0 Å². The summed E-state index contributed by atoms with van der Waals surface area (Å²) in [5.74, 6) is 0.268. The third kappa shape index (κ3) is 7.36. The Kier molecular flexibility index (Phi) is 11.9. The topological polar surface area (TPSA) is 88.5 Å². The maximum absolute atomic E-state index is 13.4. The minimum absolute atomic E-state index is 0.0665. The number of methoxy groups -OCH3 is 1. The summed E-state index contributed by atoms with van der Waals surface area (Å²) in [6, 6.07) is 11.6. The lowest BCUT2D eigenvalue weighted by Crippen LogP contribution is -2.33. The monoisotopic (exact) mass is 552 g/mol. The van der Waals surface area contributed by atoms with Crippen LogP contribution in [0.5, 0.6) is 17.2 Å². The molecule has 1 fully saturated rings.